The van der Waals surface area contributed by atoms with Crippen molar-refractivity contribution in [1.82, 2.24) is 10.6 Å². The molecule has 0 aliphatic carbocycles. The summed E-state index contributed by atoms with van der Waals surface area (Å²) in [5, 5.41) is 5.59. The van der Waals surface area contributed by atoms with E-state index in [-0.39, 0.29) is 17.9 Å². The van der Waals surface area contributed by atoms with Crippen molar-refractivity contribution in [3.8, 4) is 0 Å². The van der Waals surface area contributed by atoms with Crippen molar-refractivity contribution in [2.75, 3.05) is 14.2 Å². The first-order chi connectivity index (χ1) is 8.58. The third-order valence-corrected chi connectivity index (χ3v) is 2.61. The lowest BCUT2D eigenvalue weighted by atomic mass is 10.1. The standard InChI is InChI=1S/C13H18N2O3/c1-9(13(17)18-3)15-8-10-4-6-11(7-5-10)12(16)14-2/h4-7,9,15H,8H2,1-3H3,(H,14,16). The van der Waals surface area contributed by atoms with E-state index >= 15 is 0 Å². The Hall–Kier alpha value is -1.88. The summed E-state index contributed by atoms with van der Waals surface area (Å²) >= 11 is 0. The molecule has 0 spiro atoms. The average Bonchev–Trinajstić information content (AvgIpc) is 2.43. The van der Waals surface area contributed by atoms with Crippen molar-refractivity contribution in [1.29, 1.82) is 0 Å². The summed E-state index contributed by atoms with van der Waals surface area (Å²) in [4.78, 5) is 22.5. The fraction of sp³-hybridized carbons (Fsp3) is 0.385. The van der Waals surface area contributed by atoms with Gasteiger partial charge in [0, 0.05) is 19.2 Å². The number of ether oxygens (including phenoxy) is 1. The van der Waals surface area contributed by atoms with Gasteiger partial charge >= 0.3 is 5.97 Å². The van der Waals surface area contributed by atoms with Crippen molar-refractivity contribution >= 4 is 11.9 Å². The maximum absolute atomic E-state index is 11.3. The van der Waals surface area contributed by atoms with Crippen LogP contribution in [0.1, 0.15) is 22.8 Å². The van der Waals surface area contributed by atoms with E-state index in [2.05, 4.69) is 15.4 Å². The van der Waals surface area contributed by atoms with Crippen LogP contribution in [-0.2, 0) is 16.1 Å². The minimum Gasteiger partial charge on any atom is -0.468 e. The van der Waals surface area contributed by atoms with Crippen molar-refractivity contribution in [2.45, 2.75) is 19.5 Å². The number of hydrogen-bond donors (Lipinski definition) is 2. The first-order valence-corrected chi connectivity index (χ1v) is 5.70. The molecule has 98 valence electrons. The van der Waals surface area contributed by atoms with Gasteiger partial charge in [-0.1, -0.05) is 12.1 Å². The number of methoxy groups -OCH3 is 1. The smallest absolute Gasteiger partial charge is 0.322 e. The topological polar surface area (TPSA) is 67.4 Å². The Bertz CT molecular complexity index is 415. The first-order valence-electron chi connectivity index (χ1n) is 5.70. The van der Waals surface area contributed by atoms with Gasteiger partial charge in [-0.15, -0.1) is 0 Å². The molecule has 18 heavy (non-hydrogen) atoms. The summed E-state index contributed by atoms with van der Waals surface area (Å²) in [5.74, 6) is -0.408. The van der Waals surface area contributed by atoms with E-state index in [4.69, 9.17) is 0 Å². The van der Waals surface area contributed by atoms with Gasteiger partial charge in [0.25, 0.3) is 5.91 Å². The monoisotopic (exact) mass is 250 g/mol. The summed E-state index contributed by atoms with van der Waals surface area (Å²) in [6.45, 7) is 2.29. The van der Waals surface area contributed by atoms with Gasteiger partial charge in [-0.2, -0.15) is 0 Å². The summed E-state index contributed by atoms with van der Waals surface area (Å²) in [6, 6.07) is 6.84. The molecule has 1 aromatic carbocycles. The predicted octanol–water partition coefficient (Wildman–Crippen LogP) is 0.697. The zero-order valence-corrected chi connectivity index (χ0v) is 10.8. The van der Waals surface area contributed by atoms with Crippen molar-refractivity contribution < 1.29 is 14.3 Å². The third kappa shape index (κ3) is 3.85. The lowest BCUT2D eigenvalue weighted by Gasteiger charge is -2.11. The van der Waals surface area contributed by atoms with Gasteiger partial charge in [-0.05, 0) is 24.6 Å². The van der Waals surface area contributed by atoms with Gasteiger partial charge in [-0.25, -0.2) is 0 Å². The highest BCUT2D eigenvalue weighted by Gasteiger charge is 2.11. The summed E-state index contributed by atoms with van der Waals surface area (Å²) in [5.41, 5.74) is 1.61. The normalized spacial score (nSPS) is 11.7. The molecule has 0 aliphatic heterocycles. The number of esters is 1. The Labute approximate surface area is 107 Å². The van der Waals surface area contributed by atoms with E-state index in [1.807, 2.05) is 12.1 Å². The van der Waals surface area contributed by atoms with Gasteiger partial charge < -0.3 is 15.4 Å². The Morgan fingerprint density at radius 1 is 1.28 bits per heavy atom. The van der Waals surface area contributed by atoms with Gasteiger partial charge in [0.2, 0.25) is 0 Å². The van der Waals surface area contributed by atoms with Crippen LogP contribution >= 0.6 is 0 Å². The van der Waals surface area contributed by atoms with Crippen LogP contribution in [0.5, 0.6) is 0 Å². The molecule has 5 nitrogen and oxygen atoms in total. The molecule has 0 heterocycles. The molecule has 0 bridgehead atoms. The van der Waals surface area contributed by atoms with Crippen LogP contribution in [-0.4, -0.2) is 32.1 Å². The molecule has 0 radical (unpaired) electrons. The van der Waals surface area contributed by atoms with Crippen molar-refractivity contribution in [2.24, 2.45) is 0 Å². The highest BCUT2D eigenvalue weighted by Crippen LogP contribution is 2.04. The highest BCUT2D eigenvalue weighted by molar-refractivity contribution is 5.93. The van der Waals surface area contributed by atoms with Gasteiger partial charge in [0.05, 0.1) is 7.11 Å². The summed E-state index contributed by atoms with van der Waals surface area (Å²) in [7, 11) is 2.95. The Balaban J connectivity index is 2.54. The fourth-order valence-electron chi connectivity index (χ4n) is 1.45. The van der Waals surface area contributed by atoms with Gasteiger partial charge in [-0.3, -0.25) is 9.59 Å². The molecule has 0 aliphatic rings. The summed E-state index contributed by atoms with van der Waals surface area (Å²) < 4.78 is 4.61. The molecule has 0 fully saturated rings. The van der Waals surface area contributed by atoms with E-state index in [9.17, 15) is 9.59 Å². The van der Waals surface area contributed by atoms with Crippen LogP contribution in [0, 0.1) is 0 Å². The second-order valence-electron chi connectivity index (χ2n) is 3.90. The third-order valence-electron chi connectivity index (χ3n) is 2.61. The SMILES string of the molecule is CNC(=O)c1ccc(CNC(C)C(=O)OC)cc1. The number of amides is 1. The Kier molecular flexibility index (Phi) is 5.32. The fourth-order valence-corrected chi connectivity index (χ4v) is 1.45. The molecular formula is C13H18N2O3. The number of carbonyl (C=O) groups is 2. The Morgan fingerprint density at radius 2 is 1.89 bits per heavy atom. The highest BCUT2D eigenvalue weighted by atomic mass is 16.5. The number of hydrogen-bond acceptors (Lipinski definition) is 4. The quantitative estimate of drug-likeness (QED) is 0.755. The first kappa shape index (κ1) is 14.2. The lowest BCUT2D eigenvalue weighted by Crippen LogP contribution is -2.34. The van der Waals surface area contributed by atoms with E-state index in [1.54, 1.807) is 26.1 Å². The largest absolute Gasteiger partial charge is 0.468 e. The van der Waals surface area contributed by atoms with Crippen LogP contribution in [0.3, 0.4) is 0 Å². The zero-order chi connectivity index (χ0) is 13.5. The molecule has 1 amide bonds. The van der Waals surface area contributed by atoms with Crippen LogP contribution in [0.4, 0.5) is 0 Å². The van der Waals surface area contributed by atoms with E-state index in [0.29, 0.717) is 12.1 Å². The molecule has 2 N–H and O–H groups in total. The van der Waals surface area contributed by atoms with Crippen LogP contribution < -0.4 is 10.6 Å². The van der Waals surface area contributed by atoms with E-state index < -0.39 is 0 Å². The maximum Gasteiger partial charge on any atom is 0.322 e. The molecule has 1 atom stereocenters. The lowest BCUT2D eigenvalue weighted by molar-refractivity contribution is -0.142. The number of rotatable bonds is 5. The second-order valence-corrected chi connectivity index (χ2v) is 3.90. The number of nitrogens with one attached hydrogen (secondary N) is 2. The van der Waals surface area contributed by atoms with Crippen molar-refractivity contribution in [3.05, 3.63) is 35.4 Å². The molecular weight excluding hydrogens is 232 g/mol. The predicted molar refractivity (Wildman–Crippen MR) is 68.1 cm³/mol. The molecule has 1 aromatic rings. The van der Waals surface area contributed by atoms with E-state index in [0.717, 1.165) is 5.56 Å². The molecule has 1 unspecified atom stereocenters. The minimum atomic E-state index is -0.353. The number of benzene rings is 1. The molecule has 0 aromatic heterocycles. The van der Waals surface area contributed by atoms with Crippen molar-refractivity contribution in [3.63, 3.8) is 0 Å². The zero-order valence-electron chi connectivity index (χ0n) is 10.8. The molecule has 0 saturated heterocycles. The number of carbonyl (C=O) groups excluding carboxylic acids is 2. The van der Waals surface area contributed by atoms with Crippen LogP contribution in [0.15, 0.2) is 24.3 Å². The van der Waals surface area contributed by atoms with Gasteiger partial charge in [0.1, 0.15) is 6.04 Å². The second kappa shape index (κ2) is 6.76. The van der Waals surface area contributed by atoms with Crippen LogP contribution in [0.2, 0.25) is 0 Å². The van der Waals surface area contributed by atoms with Crippen LogP contribution in [0.25, 0.3) is 0 Å². The maximum atomic E-state index is 11.3. The minimum absolute atomic E-state index is 0.113. The Morgan fingerprint density at radius 3 is 2.39 bits per heavy atom. The average molecular weight is 250 g/mol. The molecule has 1 rings (SSSR count). The van der Waals surface area contributed by atoms with E-state index in [1.165, 1.54) is 7.11 Å². The van der Waals surface area contributed by atoms with Gasteiger partial charge in [0.15, 0.2) is 0 Å². The molecule has 0 saturated carbocycles. The summed E-state index contributed by atoms with van der Waals surface area (Å²) in [6.07, 6.45) is 0. The molecule has 5 heteroatoms.